The molecule has 0 bridgehead atoms. The first-order valence-corrected chi connectivity index (χ1v) is 9.40. The van der Waals surface area contributed by atoms with Crippen molar-refractivity contribution in [1.29, 1.82) is 0 Å². The van der Waals surface area contributed by atoms with E-state index < -0.39 is 0 Å². The number of hydrogen-bond acceptors (Lipinski definition) is 6. The number of nitrogens with one attached hydrogen (secondary N) is 2. The molecule has 0 radical (unpaired) electrons. The molecule has 0 aromatic carbocycles. The molecule has 8 heteroatoms. The maximum absolute atomic E-state index is 6.13. The monoisotopic (exact) mass is 397 g/mol. The number of thiophene rings is 1. The van der Waals surface area contributed by atoms with Gasteiger partial charge in [0.1, 0.15) is 5.15 Å². The fourth-order valence-electron chi connectivity index (χ4n) is 3.10. The Hall–Kier alpha value is -1.31. The first kappa shape index (κ1) is 18.5. The first-order chi connectivity index (χ1) is 11.8. The zero-order valence-corrected chi connectivity index (χ0v) is 16.1. The van der Waals surface area contributed by atoms with Crippen LogP contribution in [0.4, 0.5) is 0 Å². The standard InChI is InChI=1S/C17H20ClN5S.ClH/c18-17-8-15-13(9-21-17)11-23(22-5-3-19-4-6-22)12-16(15)20-10-14-2-1-7-24-14;/h1-2,7-9,12,19-20H,3-6,10-11H2;1H. The van der Waals surface area contributed by atoms with Crippen molar-refractivity contribution in [3.05, 3.63) is 57.1 Å². The molecule has 1 fully saturated rings. The SMILES string of the molecule is Cl.Clc1cc2c(cn1)CN(N1CCNCC1)C=C2NCc1cccs1. The highest BCUT2D eigenvalue weighted by atomic mass is 35.5. The summed E-state index contributed by atoms with van der Waals surface area (Å²) in [4.78, 5) is 5.59. The van der Waals surface area contributed by atoms with Gasteiger partial charge in [0.15, 0.2) is 0 Å². The van der Waals surface area contributed by atoms with Crippen molar-refractivity contribution in [1.82, 2.24) is 25.6 Å². The Morgan fingerprint density at radius 2 is 2.16 bits per heavy atom. The van der Waals surface area contributed by atoms with Gasteiger partial charge < -0.3 is 15.6 Å². The molecule has 0 amide bonds. The van der Waals surface area contributed by atoms with Crippen LogP contribution >= 0.6 is 35.3 Å². The van der Waals surface area contributed by atoms with Gasteiger partial charge in [0, 0.05) is 61.1 Å². The summed E-state index contributed by atoms with van der Waals surface area (Å²) in [6.07, 6.45) is 4.10. The van der Waals surface area contributed by atoms with Crippen LogP contribution in [0, 0.1) is 0 Å². The van der Waals surface area contributed by atoms with Crippen LogP contribution < -0.4 is 10.6 Å². The Kier molecular flexibility index (Phi) is 6.19. The molecule has 2 aliphatic rings. The minimum atomic E-state index is 0. The Morgan fingerprint density at radius 1 is 1.32 bits per heavy atom. The number of fused-ring (bicyclic) bond motifs is 1. The summed E-state index contributed by atoms with van der Waals surface area (Å²) in [5.41, 5.74) is 3.46. The molecule has 0 saturated carbocycles. The van der Waals surface area contributed by atoms with Crippen molar-refractivity contribution in [3.63, 3.8) is 0 Å². The second-order valence-electron chi connectivity index (χ2n) is 5.94. The van der Waals surface area contributed by atoms with Crippen LogP contribution in [-0.4, -0.2) is 41.2 Å². The Bertz CT molecular complexity index is 729. The van der Waals surface area contributed by atoms with Crippen LogP contribution in [0.1, 0.15) is 16.0 Å². The van der Waals surface area contributed by atoms with Gasteiger partial charge in [-0.2, -0.15) is 0 Å². The van der Waals surface area contributed by atoms with Gasteiger partial charge in [0.2, 0.25) is 0 Å². The Balaban J connectivity index is 0.00000182. The van der Waals surface area contributed by atoms with Crippen LogP contribution in [0.3, 0.4) is 0 Å². The molecule has 1 saturated heterocycles. The number of aromatic nitrogens is 1. The highest BCUT2D eigenvalue weighted by molar-refractivity contribution is 7.09. The van der Waals surface area contributed by atoms with Gasteiger partial charge >= 0.3 is 0 Å². The quantitative estimate of drug-likeness (QED) is 0.776. The normalized spacial score (nSPS) is 17.5. The molecule has 0 aliphatic carbocycles. The van der Waals surface area contributed by atoms with E-state index in [9.17, 15) is 0 Å². The molecule has 2 N–H and O–H groups in total. The van der Waals surface area contributed by atoms with Gasteiger partial charge in [-0.1, -0.05) is 17.7 Å². The summed E-state index contributed by atoms with van der Waals surface area (Å²) in [5, 5.41) is 14.3. The van der Waals surface area contributed by atoms with Gasteiger partial charge in [-0.3, -0.25) is 0 Å². The Labute approximate surface area is 163 Å². The topological polar surface area (TPSA) is 43.4 Å². The predicted octanol–water partition coefficient (Wildman–Crippen LogP) is 2.94. The van der Waals surface area contributed by atoms with Crippen LogP contribution in [0.15, 0.2) is 36.0 Å². The number of halogens is 2. The van der Waals surface area contributed by atoms with Crippen LogP contribution in [0.25, 0.3) is 5.70 Å². The number of pyridine rings is 1. The summed E-state index contributed by atoms with van der Waals surface area (Å²) in [6.45, 7) is 5.74. The van der Waals surface area contributed by atoms with E-state index in [-0.39, 0.29) is 12.4 Å². The van der Waals surface area contributed by atoms with Gasteiger partial charge in [-0.15, -0.1) is 23.7 Å². The van der Waals surface area contributed by atoms with E-state index in [1.54, 1.807) is 11.3 Å². The Morgan fingerprint density at radius 3 is 2.92 bits per heavy atom. The van der Waals surface area contributed by atoms with Crippen molar-refractivity contribution in [2.45, 2.75) is 13.1 Å². The molecule has 25 heavy (non-hydrogen) atoms. The van der Waals surface area contributed by atoms with Gasteiger partial charge in [-0.05, 0) is 17.5 Å². The molecule has 4 heterocycles. The number of hydrazine groups is 1. The molecule has 134 valence electrons. The maximum atomic E-state index is 6.13. The lowest BCUT2D eigenvalue weighted by atomic mass is 10.0. The third-order valence-electron chi connectivity index (χ3n) is 4.34. The van der Waals surface area contributed by atoms with Crippen LogP contribution in [0.2, 0.25) is 5.15 Å². The van der Waals surface area contributed by atoms with Crippen molar-refractivity contribution in [2.75, 3.05) is 26.2 Å². The lowest BCUT2D eigenvalue weighted by Crippen LogP contribution is -2.51. The molecule has 5 nitrogen and oxygen atoms in total. The molecule has 0 spiro atoms. The zero-order valence-electron chi connectivity index (χ0n) is 13.7. The van der Waals surface area contributed by atoms with Crippen molar-refractivity contribution < 1.29 is 0 Å². The molecular weight excluding hydrogens is 377 g/mol. The highest BCUT2D eigenvalue weighted by Gasteiger charge is 2.23. The second kappa shape index (κ2) is 8.38. The molecule has 2 aliphatic heterocycles. The maximum Gasteiger partial charge on any atom is 0.129 e. The fourth-order valence-corrected chi connectivity index (χ4v) is 3.90. The molecule has 0 atom stereocenters. The van der Waals surface area contributed by atoms with E-state index >= 15 is 0 Å². The summed E-state index contributed by atoms with van der Waals surface area (Å²) < 4.78 is 0. The highest BCUT2D eigenvalue weighted by Crippen LogP contribution is 2.28. The number of hydrogen-bond donors (Lipinski definition) is 2. The average Bonchev–Trinajstić information content (AvgIpc) is 3.14. The van der Waals surface area contributed by atoms with E-state index in [0.29, 0.717) is 5.15 Å². The second-order valence-corrected chi connectivity index (χ2v) is 7.36. The number of rotatable bonds is 4. The number of nitrogens with zero attached hydrogens (tertiary/aromatic N) is 3. The van der Waals surface area contributed by atoms with E-state index in [0.717, 1.165) is 50.5 Å². The van der Waals surface area contributed by atoms with Crippen LogP contribution in [0.5, 0.6) is 0 Å². The third-order valence-corrected chi connectivity index (χ3v) is 5.43. The van der Waals surface area contributed by atoms with Gasteiger partial charge in [0.05, 0.1) is 12.2 Å². The van der Waals surface area contributed by atoms with E-state index in [1.165, 1.54) is 10.4 Å². The molecule has 4 rings (SSSR count). The smallest absolute Gasteiger partial charge is 0.129 e. The van der Waals surface area contributed by atoms with Crippen molar-refractivity contribution in [3.8, 4) is 0 Å². The third kappa shape index (κ3) is 4.27. The summed E-state index contributed by atoms with van der Waals surface area (Å²) >= 11 is 7.89. The van der Waals surface area contributed by atoms with E-state index in [1.807, 2.05) is 12.3 Å². The fraction of sp³-hybridized carbons (Fsp3) is 0.353. The summed E-state index contributed by atoms with van der Waals surface area (Å²) in [7, 11) is 0. The van der Waals surface area contributed by atoms with Crippen molar-refractivity contribution in [2.24, 2.45) is 0 Å². The van der Waals surface area contributed by atoms with Crippen molar-refractivity contribution >= 4 is 41.0 Å². The lowest BCUT2D eigenvalue weighted by Gasteiger charge is -2.40. The van der Waals surface area contributed by atoms with E-state index in [4.69, 9.17) is 11.6 Å². The zero-order chi connectivity index (χ0) is 16.4. The lowest BCUT2D eigenvalue weighted by molar-refractivity contribution is 0.00201. The summed E-state index contributed by atoms with van der Waals surface area (Å²) in [6, 6.07) is 6.19. The van der Waals surface area contributed by atoms with Crippen LogP contribution in [-0.2, 0) is 13.1 Å². The average molecular weight is 398 g/mol. The van der Waals surface area contributed by atoms with E-state index in [2.05, 4.69) is 49.3 Å². The minimum absolute atomic E-state index is 0. The minimum Gasteiger partial charge on any atom is -0.378 e. The first-order valence-electron chi connectivity index (χ1n) is 8.15. The number of piperazine rings is 1. The largest absolute Gasteiger partial charge is 0.378 e. The van der Waals surface area contributed by atoms with Gasteiger partial charge in [-0.25, -0.2) is 9.99 Å². The molecular formula is C17H21Cl2N5S. The van der Waals surface area contributed by atoms with Gasteiger partial charge in [0.25, 0.3) is 0 Å². The molecule has 0 unspecified atom stereocenters. The molecule has 2 aromatic heterocycles. The predicted molar refractivity (Wildman–Crippen MR) is 106 cm³/mol. The molecule has 2 aromatic rings. The summed E-state index contributed by atoms with van der Waals surface area (Å²) in [5.74, 6) is 0.